The summed E-state index contributed by atoms with van der Waals surface area (Å²) in [6.07, 6.45) is 1.49. The lowest BCUT2D eigenvalue weighted by molar-refractivity contribution is 0.202. The first kappa shape index (κ1) is 13.9. The predicted octanol–water partition coefficient (Wildman–Crippen LogP) is 1.47. The lowest BCUT2D eigenvalue weighted by Crippen LogP contribution is -2.16. The minimum atomic E-state index is -2.87. The van der Waals surface area contributed by atoms with Crippen molar-refractivity contribution in [2.45, 2.75) is 33.6 Å². The number of sulfone groups is 1. The highest BCUT2D eigenvalue weighted by Crippen LogP contribution is 2.15. The molecular weight excluding hydrogens is 200 g/mol. The number of aliphatic hydroxyl groups excluding tert-OH is 1. The Labute approximate surface area is 87.4 Å². The lowest BCUT2D eigenvalue weighted by Gasteiger charge is -2.15. The summed E-state index contributed by atoms with van der Waals surface area (Å²) in [5.41, 5.74) is 0. The molecule has 0 radical (unpaired) electrons. The first-order chi connectivity index (χ1) is 6.41. The summed E-state index contributed by atoms with van der Waals surface area (Å²) in [5, 5.41) is 9.05. The van der Waals surface area contributed by atoms with E-state index in [1.54, 1.807) is 6.92 Å². The molecule has 86 valence electrons. The van der Waals surface area contributed by atoms with Crippen LogP contribution < -0.4 is 0 Å². The van der Waals surface area contributed by atoms with E-state index in [0.29, 0.717) is 12.3 Å². The van der Waals surface area contributed by atoms with Crippen LogP contribution in [-0.2, 0) is 9.84 Å². The molecule has 1 unspecified atom stereocenters. The molecule has 0 amide bonds. The van der Waals surface area contributed by atoms with Gasteiger partial charge in [-0.1, -0.05) is 20.8 Å². The van der Waals surface area contributed by atoms with Gasteiger partial charge in [-0.05, 0) is 24.7 Å². The average molecular weight is 222 g/mol. The molecule has 4 heteroatoms. The topological polar surface area (TPSA) is 54.4 Å². The Kier molecular flexibility index (Phi) is 6.36. The van der Waals surface area contributed by atoms with Gasteiger partial charge < -0.3 is 5.11 Å². The summed E-state index contributed by atoms with van der Waals surface area (Å²) in [6.45, 7) is 5.91. The Bertz CT molecular complexity index is 232. The summed E-state index contributed by atoms with van der Waals surface area (Å²) in [5.74, 6) is 1.06. The largest absolute Gasteiger partial charge is 0.396 e. The van der Waals surface area contributed by atoms with Gasteiger partial charge in [-0.2, -0.15) is 0 Å². The summed E-state index contributed by atoms with van der Waals surface area (Å²) in [4.78, 5) is 0. The van der Waals surface area contributed by atoms with Crippen LogP contribution in [0, 0.1) is 11.8 Å². The fourth-order valence-electron chi connectivity index (χ4n) is 1.44. The van der Waals surface area contributed by atoms with Crippen molar-refractivity contribution in [1.82, 2.24) is 0 Å². The standard InChI is InChI=1S/C10H22O3S/c1-4-14(12,13)6-5-10(8-11)7-9(2)3/h9-11H,4-8H2,1-3H3. The Balaban J connectivity index is 3.96. The van der Waals surface area contributed by atoms with E-state index in [1.807, 2.05) is 0 Å². The summed E-state index contributed by atoms with van der Waals surface area (Å²) < 4.78 is 22.4. The highest BCUT2D eigenvalue weighted by atomic mass is 32.2. The molecule has 0 fully saturated rings. The van der Waals surface area contributed by atoms with E-state index in [9.17, 15) is 8.42 Å². The molecule has 0 aliphatic rings. The van der Waals surface area contributed by atoms with Crippen molar-refractivity contribution in [2.75, 3.05) is 18.1 Å². The molecule has 14 heavy (non-hydrogen) atoms. The normalized spacial score (nSPS) is 14.6. The molecule has 1 N–H and O–H groups in total. The second kappa shape index (κ2) is 6.40. The maximum atomic E-state index is 11.2. The van der Waals surface area contributed by atoms with E-state index < -0.39 is 9.84 Å². The first-order valence-electron chi connectivity index (χ1n) is 5.22. The Morgan fingerprint density at radius 2 is 1.86 bits per heavy atom. The van der Waals surface area contributed by atoms with Crippen LogP contribution in [0.5, 0.6) is 0 Å². The third kappa shape index (κ3) is 6.38. The molecular formula is C10H22O3S. The van der Waals surface area contributed by atoms with Gasteiger partial charge in [-0.3, -0.25) is 0 Å². The van der Waals surface area contributed by atoms with Crippen molar-refractivity contribution < 1.29 is 13.5 Å². The number of hydrogen-bond donors (Lipinski definition) is 1. The van der Waals surface area contributed by atoms with Gasteiger partial charge in [-0.15, -0.1) is 0 Å². The zero-order valence-electron chi connectivity index (χ0n) is 9.36. The minimum absolute atomic E-state index is 0.0947. The smallest absolute Gasteiger partial charge is 0.150 e. The van der Waals surface area contributed by atoms with E-state index in [1.165, 1.54) is 0 Å². The van der Waals surface area contributed by atoms with Gasteiger partial charge in [0, 0.05) is 12.4 Å². The second-order valence-corrected chi connectivity index (χ2v) is 6.68. The second-order valence-electron chi connectivity index (χ2n) is 4.20. The fourth-order valence-corrected chi connectivity index (χ4v) is 2.42. The molecule has 0 spiro atoms. The zero-order valence-corrected chi connectivity index (χ0v) is 10.2. The molecule has 0 aromatic heterocycles. The third-order valence-corrected chi connectivity index (χ3v) is 4.08. The quantitative estimate of drug-likeness (QED) is 0.709. The van der Waals surface area contributed by atoms with Crippen LogP contribution in [0.3, 0.4) is 0 Å². The molecule has 1 atom stereocenters. The van der Waals surface area contributed by atoms with Gasteiger partial charge in [0.1, 0.15) is 9.84 Å². The molecule has 3 nitrogen and oxygen atoms in total. The zero-order chi connectivity index (χ0) is 11.2. The molecule has 0 saturated heterocycles. The van der Waals surface area contributed by atoms with E-state index in [0.717, 1.165) is 6.42 Å². The van der Waals surface area contributed by atoms with Crippen LogP contribution in [0.15, 0.2) is 0 Å². The van der Waals surface area contributed by atoms with Crippen molar-refractivity contribution in [3.63, 3.8) is 0 Å². The molecule has 0 rings (SSSR count). The first-order valence-corrected chi connectivity index (χ1v) is 7.04. The van der Waals surface area contributed by atoms with Gasteiger partial charge in [0.25, 0.3) is 0 Å². The highest BCUT2D eigenvalue weighted by Gasteiger charge is 2.14. The maximum Gasteiger partial charge on any atom is 0.150 e. The SMILES string of the molecule is CCS(=O)(=O)CCC(CO)CC(C)C. The fraction of sp³-hybridized carbons (Fsp3) is 1.00. The lowest BCUT2D eigenvalue weighted by atomic mass is 9.96. The molecule has 0 aromatic carbocycles. The van der Waals surface area contributed by atoms with Crippen LogP contribution in [0.2, 0.25) is 0 Å². The summed E-state index contributed by atoms with van der Waals surface area (Å²) in [6, 6.07) is 0. The summed E-state index contributed by atoms with van der Waals surface area (Å²) in [7, 11) is -2.87. The van der Waals surface area contributed by atoms with E-state index >= 15 is 0 Å². The molecule has 0 heterocycles. The Morgan fingerprint density at radius 3 is 2.21 bits per heavy atom. The van der Waals surface area contributed by atoms with Gasteiger partial charge in [0.2, 0.25) is 0 Å². The maximum absolute atomic E-state index is 11.2. The van der Waals surface area contributed by atoms with Crippen molar-refractivity contribution in [2.24, 2.45) is 11.8 Å². The van der Waals surface area contributed by atoms with Crippen LogP contribution in [0.1, 0.15) is 33.6 Å². The van der Waals surface area contributed by atoms with Gasteiger partial charge in [0.15, 0.2) is 0 Å². The minimum Gasteiger partial charge on any atom is -0.396 e. The van der Waals surface area contributed by atoms with E-state index in [2.05, 4.69) is 13.8 Å². The van der Waals surface area contributed by atoms with E-state index in [-0.39, 0.29) is 24.0 Å². The molecule has 0 aliphatic carbocycles. The molecule has 0 aromatic rings. The third-order valence-electron chi connectivity index (χ3n) is 2.34. The van der Waals surface area contributed by atoms with Crippen molar-refractivity contribution in [1.29, 1.82) is 0 Å². The van der Waals surface area contributed by atoms with Crippen molar-refractivity contribution in [3.05, 3.63) is 0 Å². The predicted molar refractivity (Wildman–Crippen MR) is 59.0 cm³/mol. The summed E-state index contributed by atoms with van der Waals surface area (Å²) >= 11 is 0. The number of aliphatic hydroxyl groups is 1. The van der Waals surface area contributed by atoms with Crippen LogP contribution in [0.4, 0.5) is 0 Å². The van der Waals surface area contributed by atoms with E-state index in [4.69, 9.17) is 5.11 Å². The molecule has 0 bridgehead atoms. The Morgan fingerprint density at radius 1 is 1.29 bits per heavy atom. The van der Waals surface area contributed by atoms with Crippen LogP contribution in [0.25, 0.3) is 0 Å². The van der Waals surface area contributed by atoms with Crippen molar-refractivity contribution in [3.8, 4) is 0 Å². The van der Waals surface area contributed by atoms with Gasteiger partial charge in [-0.25, -0.2) is 8.42 Å². The van der Waals surface area contributed by atoms with Gasteiger partial charge in [0.05, 0.1) is 5.75 Å². The van der Waals surface area contributed by atoms with Crippen molar-refractivity contribution >= 4 is 9.84 Å². The monoisotopic (exact) mass is 222 g/mol. The molecule has 0 saturated carbocycles. The van der Waals surface area contributed by atoms with Crippen LogP contribution >= 0.6 is 0 Å². The highest BCUT2D eigenvalue weighted by molar-refractivity contribution is 7.91. The van der Waals surface area contributed by atoms with Gasteiger partial charge >= 0.3 is 0 Å². The number of rotatable bonds is 7. The van der Waals surface area contributed by atoms with Crippen LogP contribution in [-0.4, -0.2) is 31.6 Å². The Hall–Kier alpha value is -0.0900. The number of hydrogen-bond acceptors (Lipinski definition) is 3. The average Bonchev–Trinajstić information content (AvgIpc) is 2.12. The molecule has 0 aliphatic heterocycles.